The van der Waals surface area contributed by atoms with Crippen molar-refractivity contribution in [3.8, 4) is 5.75 Å². The van der Waals surface area contributed by atoms with E-state index in [9.17, 15) is 19.1 Å². The Labute approximate surface area is 84.7 Å². The van der Waals surface area contributed by atoms with Gasteiger partial charge in [-0.1, -0.05) is 0 Å². The van der Waals surface area contributed by atoms with Crippen LogP contribution in [0.1, 0.15) is 10.4 Å². The Kier molecular flexibility index (Phi) is 3.22. The minimum absolute atomic E-state index is 0.240. The summed E-state index contributed by atoms with van der Waals surface area (Å²) in [5.74, 6) is -2.50. The molecule has 0 atom stereocenters. The van der Waals surface area contributed by atoms with Gasteiger partial charge in [0.1, 0.15) is 11.6 Å². The molecule has 4 N–H and O–H groups in total. The maximum absolute atomic E-state index is 12.7. The van der Waals surface area contributed by atoms with Crippen LogP contribution in [0.15, 0.2) is 18.2 Å². The van der Waals surface area contributed by atoms with Gasteiger partial charge < -0.3 is 16.2 Å². The first-order chi connectivity index (χ1) is 7.00. The highest BCUT2D eigenvalue weighted by molar-refractivity contribution is 5.98. The molecule has 2 amide bonds. The average molecular weight is 212 g/mol. The molecule has 6 heteroatoms. The molecule has 0 aliphatic rings. The van der Waals surface area contributed by atoms with E-state index in [-0.39, 0.29) is 17.9 Å². The molecule has 0 fully saturated rings. The van der Waals surface area contributed by atoms with Gasteiger partial charge in [-0.25, -0.2) is 4.39 Å². The van der Waals surface area contributed by atoms with E-state index < -0.39 is 17.6 Å². The van der Waals surface area contributed by atoms with Crippen LogP contribution in [0.5, 0.6) is 5.75 Å². The van der Waals surface area contributed by atoms with E-state index in [0.29, 0.717) is 0 Å². The Morgan fingerprint density at radius 3 is 2.73 bits per heavy atom. The fourth-order valence-electron chi connectivity index (χ4n) is 0.953. The van der Waals surface area contributed by atoms with Gasteiger partial charge in [0, 0.05) is 0 Å². The molecule has 0 aromatic heterocycles. The summed E-state index contributed by atoms with van der Waals surface area (Å²) in [6.07, 6.45) is 0. The summed E-state index contributed by atoms with van der Waals surface area (Å²) in [5.41, 5.74) is 4.56. The molecule has 5 nitrogen and oxygen atoms in total. The molecule has 0 spiro atoms. The number of phenolic OH excluding ortho intramolecular Hbond substituents is 1. The van der Waals surface area contributed by atoms with Crippen LogP contribution in [0.3, 0.4) is 0 Å². The maximum atomic E-state index is 12.7. The number of primary amides is 1. The molecule has 0 aliphatic heterocycles. The predicted molar refractivity (Wildman–Crippen MR) is 49.6 cm³/mol. The van der Waals surface area contributed by atoms with Crippen LogP contribution < -0.4 is 11.1 Å². The zero-order chi connectivity index (χ0) is 11.4. The number of nitrogens with one attached hydrogen (secondary N) is 1. The molecular formula is C9H9FN2O3. The van der Waals surface area contributed by atoms with Crippen molar-refractivity contribution >= 4 is 11.8 Å². The van der Waals surface area contributed by atoms with Crippen molar-refractivity contribution < 1.29 is 19.1 Å². The molecule has 1 aromatic rings. The van der Waals surface area contributed by atoms with Crippen LogP contribution in [0, 0.1) is 5.82 Å². The summed E-state index contributed by atoms with van der Waals surface area (Å²) in [4.78, 5) is 21.6. The Bertz CT molecular complexity index is 406. The SMILES string of the molecule is NC(=O)CNC(=O)c1cc(F)ccc1O. The third kappa shape index (κ3) is 2.94. The lowest BCUT2D eigenvalue weighted by Gasteiger charge is -2.04. The number of nitrogens with two attached hydrogens (primary N) is 1. The highest BCUT2D eigenvalue weighted by atomic mass is 19.1. The van der Waals surface area contributed by atoms with E-state index in [1.54, 1.807) is 0 Å². The van der Waals surface area contributed by atoms with E-state index >= 15 is 0 Å². The van der Waals surface area contributed by atoms with E-state index in [1.807, 2.05) is 0 Å². The zero-order valence-corrected chi connectivity index (χ0v) is 7.66. The number of rotatable bonds is 3. The molecule has 80 valence electrons. The van der Waals surface area contributed by atoms with E-state index in [4.69, 9.17) is 5.73 Å². The number of hydrogen-bond acceptors (Lipinski definition) is 3. The van der Waals surface area contributed by atoms with Gasteiger partial charge in [-0.15, -0.1) is 0 Å². The van der Waals surface area contributed by atoms with Crippen LogP contribution in [-0.2, 0) is 4.79 Å². The Morgan fingerprint density at radius 2 is 2.13 bits per heavy atom. The molecule has 0 aliphatic carbocycles. The van der Waals surface area contributed by atoms with Crippen molar-refractivity contribution in [1.29, 1.82) is 0 Å². The van der Waals surface area contributed by atoms with Crippen molar-refractivity contribution in [2.75, 3.05) is 6.54 Å². The average Bonchev–Trinajstić information content (AvgIpc) is 2.18. The highest BCUT2D eigenvalue weighted by Gasteiger charge is 2.12. The summed E-state index contributed by atoms with van der Waals surface area (Å²) in [6, 6.07) is 2.93. The van der Waals surface area contributed by atoms with Crippen LogP contribution in [0.2, 0.25) is 0 Å². The van der Waals surface area contributed by atoms with E-state index in [0.717, 1.165) is 18.2 Å². The quantitative estimate of drug-likeness (QED) is 0.644. The zero-order valence-electron chi connectivity index (χ0n) is 7.66. The number of halogens is 1. The summed E-state index contributed by atoms with van der Waals surface area (Å²) in [7, 11) is 0. The van der Waals surface area contributed by atoms with Crippen molar-refractivity contribution in [3.63, 3.8) is 0 Å². The fraction of sp³-hybridized carbons (Fsp3) is 0.111. The standard InChI is InChI=1S/C9H9FN2O3/c10-5-1-2-7(13)6(3-5)9(15)12-4-8(11)14/h1-3,13H,4H2,(H2,11,14)(H,12,15). The summed E-state index contributed by atoms with van der Waals surface area (Å²) >= 11 is 0. The third-order valence-corrected chi connectivity index (χ3v) is 1.63. The first kappa shape index (κ1) is 11.0. The molecular weight excluding hydrogens is 203 g/mol. The second kappa shape index (κ2) is 4.41. The van der Waals surface area contributed by atoms with Crippen LogP contribution in [0.25, 0.3) is 0 Å². The van der Waals surface area contributed by atoms with Gasteiger partial charge in [0.25, 0.3) is 5.91 Å². The number of carbonyl (C=O) groups is 2. The predicted octanol–water partition coefficient (Wildman–Crippen LogP) is -0.254. The van der Waals surface area contributed by atoms with Gasteiger partial charge in [0.05, 0.1) is 12.1 Å². The summed E-state index contributed by atoms with van der Waals surface area (Å²) in [5, 5.41) is 11.4. The van der Waals surface area contributed by atoms with Crippen molar-refractivity contribution in [3.05, 3.63) is 29.6 Å². The molecule has 0 radical (unpaired) electrons. The summed E-state index contributed by atoms with van der Waals surface area (Å²) < 4.78 is 12.7. The first-order valence-electron chi connectivity index (χ1n) is 4.05. The summed E-state index contributed by atoms with van der Waals surface area (Å²) in [6.45, 7) is -0.366. The Balaban J connectivity index is 2.81. The van der Waals surface area contributed by atoms with Crippen molar-refractivity contribution in [2.45, 2.75) is 0 Å². The first-order valence-corrected chi connectivity index (χ1v) is 4.05. The van der Waals surface area contributed by atoms with Crippen molar-refractivity contribution in [2.24, 2.45) is 5.73 Å². The number of phenols is 1. The van der Waals surface area contributed by atoms with Gasteiger partial charge in [0.2, 0.25) is 5.91 Å². The normalized spacial score (nSPS) is 9.67. The Morgan fingerprint density at radius 1 is 1.47 bits per heavy atom. The minimum Gasteiger partial charge on any atom is -0.507 e. The minimum atomic E-state index is -0.759. The molecule has 0 bridgehead atoms. The van der Waals surface area contributed by atoms with E-state index in [2.05, 4.69) is 5.32 Å². The topological polar surface area (TPSA) is 92.4 Å². The third-order valence-electron chi connectivity index (χ3n) is 1.63. The number of hydrogen-bond donors (Lipinski definition) is 3. The smallest absolute Gasteiger partial charge is 0.255 e. The highest BCUT2D eigenvalue weighted by Crippen LogP contribution is 2.17. The molecule has 1 rings (SSSR count). The van der Waals surface area contributed by atoms with Gasteiger partial charge in [0.15, 0.2) is 0 Å². The molecule has 15 heavy (non-hydrogen) atoms. The molecule has 1 aromatic carbocycles. The van der Waals surface area contributed by atoms with Crippen LogP contribution >= 0.6 is 0 Å². The molecule has 0 heterocycles. The largest absolute Gasteiger partial charge is 0.507 e. The second-order valence-corrected chi connectivity index (χ2v) is 2.81. The van der Waals surface area contributed by atoms with E-state index in [1.165, 1.54) is 0 Å². The van der Waals surface area contributed by atoms with Gasteiger partial charge in [-0.05, 0) is 18.2 Å². The number of amides is 2. The number of carbonyl (C=O) groups excluding carboxylic acids is 2. The van der Waals surface area contributed by atoms with Gasteiger partial charge in [-0.3, -0.25) is 9.59 Å². The van der Waals surface area contributed by atoms with Crippen LogP contribution in [-0.4, -0.2) is 23.5 Å². The molecule has 0 saturated carbocycles. The maximum Gasteiger partial charge on any atom is 0.255 e. The van der Waals surface area contributed by atoms with Gasteiger partial charge in [-0.2, -0.15) is 0 Å². The lowest BCUT2D eigenvalue weighted by atomic mass is 10.2. The number of aromatic hydroxyl groups is 1. The number of benzene rings is 1. The fourth-order valence-corrected chi connectivity index (χ4v) is 0.953. The monoisotopic (exact) mass is 212 g/mol. The van der Waals surface area contributed by atoms with Gasteiger partial charge >= 0.3 is 0 Å². The van der Waals surface area contributed by atoms with Crippen LogP contribution in [0.4, 0.5) is 4.39 Å². The lowest BCUT2D eigenvalue weighted by molar-refractivity contribution is -0.117. The lowest BCUT2D eigenvalue weighted by Crippen LogP contribution is -2.33. The Hall–Kier alpha value is -2.11. The second-order valence-electron chi connectivity index (χ2n) is 2.81. The molecule has 0 saturated heterocycles. The van der Waals surface area contributed by atoms with Crippen molar-refractivity contribution in [1.82, 2.24) is 5.32 Å². The molecule has 0 unspecified atom stereocenters.